The van der Waals surface area contributed by atoms with Gasteiger partial charge in [-0.15, -0.1) is 11.3 Å². The van der Waals surface area contributed by atoms with Crippen molar-refractivity contribution in [2.75, 3.05) is 9.80 Å². The molecule has 0 bridgehead atoms. The molecule has 0 saturated carbocycles. The molecule has 3 heterocycles. The van der Waals surface area contributed by atoms with Crippen LogP contribution in [0.4, 0.5) is 34.1 Å². The molecule has 0 amide bonds. The Labute approximate surface area is 473 Å². The van der Waals surface area contributed by atoms with Crippen molar-refractivity contribution in [2.45, 2.75) is 0 Å². The lowest BCUT2D eigenvalue weighted by molar-refractivity contribution is 1.18. The minimum Gasteiger partial charge on any atom is -0.310 e. The van der Waals surface area contributed by atoms with Gasteiger partial charge in [0.2, 0.25) is 0 Å². The van der Waals surface area contributed by atoms with Crippen LogP contribution in [-0.4, -0.2) is 9.13 Å². The van der Waals surface area contributed by atoms with Gasteiger partial charge in [0.05, 0.1) is 22.1 Å². The molecule has 0 saturated heterocycles. The van der Waals surface area contributed by atoms with Crippen molar-refractivity contribution in [3.8, 4) is 33.6 Å². The molecule has 16 rings (SSSR count). The summed E-state index contributed by atoms with van der Waals surface area (Å²) >= 11 is 1.89. The number of para-hydroxylation sites is 5. The number of aromatic nitrogens is 2. The average molecular weight is 1050 g/mol. The molecule has 0 aliphatic heterocycles. The summed E-state index contributed by atoms with van der Waals surface area (Å²) in [5.41, 5.74) is 17.9. The zero-order valence-corrected chi connectivity index (χ0v) is 44.9. The molecule has 0 fully saturated rings. The summed E-state index contributed by atoms with van der Waals surface area (Å²) < 4.78 is 7.47. The second-order valence-corrected chi connectivity index (χ2v) is 22.0. The summed E-state index contributed by atoms with van der Waals surface area (Å²) in [5.74, 6) is 0. The second-order valence-electron chi connectivity index (χ2n) is 20.9. The third-order valence-electron chi connectivity index (χ3n) is 16.2. The highest BCUT2D eigenvalue weighted by Crippen LogP contribution is 2.47. The standard InChI is InChI=1S/C76H50N4S/c1-6-20-51(21-7-1)52-34-38-60(39-35-52)77(56-22-8-2-9-23-56)62-44-55(45-63(48-62)78(57-24-10-3-11-25-57)61-40-43-73-69(49-61)64-30-16-18-32-71(64)79(73)58-26-12-4-13-27-58)53-37-42-72-68(46-53)70-50-67-54(47-74(70)80(72)59-28-14-5-15-29-59)36-41-66-65-31-17-19-33-75(65)81-76(66)67/h1-50H. The number of thiophene rings is 1. The van der Waals surface area contributed by atoms with Crippen LogP contribution < -0.4 is 9.80 Å². The van der Waals surface area contributed by atoms with Crippen molar-refractivity contribution < 1.29 is 0 Å². The van der Waals surface area contributed by atoms with E-state index in [4.69, 9.17) is 0 Å². The molecule has 81 heavy (non-hydrogen) atoms. The number of hydrogen-bond acceptors (Lipinski definition) is 3. The number of nitrogens with zero attached hydrogens (tertiary/aromatic N) is 4. The number of hydrogen-bond donors (Lipinski definition) is 0. The SMILES string of the molecule is c1ccc(-c2ccc(N(c3ccccc3)c3cc(-c4ccc5c(c4)c4cc6c(ccc7c8ccccc8sc67)cc4n5-c4ccccc4)cc(N(c4ccccc4)c4ccc5c(c4)c4ccccc4n5-c4ccccc4)c3)cc2)cc1. The van der Waals surface area contributed by atoms with E-state index in [1.807, 2.05) is 11.3 Å². The predicted octanol–water partition coefficient (Wildman–Crippen LogP) is 21.7. The van der Waals surface area contributed by atoms with Crippen molar-refractivity contribution in [3.63, 3.8) is 0 Å². The Kier molecular flexibility index (Phi) is 11.0. The molecule has 0 atom stereocenters. The molecular formula is C76H50N4S. The molecule has 0 N–H and O–H groups in total. The first-order chi connectivity index (χ1) is 40.2. The molecule has 5 heteroatoms. The first-order valence-corrected chi connectivity index (χ1v) is 28.5. The Morgan fingerprint density at radius 3 is 1.40 bits per heavy atom. The van der Waals surface area contributed by atoms with Gasteiger partial charge in [0.25, 0.3) is 0 Å². The smallest absolute Gasteiger partial charge is 0.0547 e. The molecule has 16 aromatic rings. The maximum atomic E-state index is 2.47. The summed E-state index contributed by atoms with van der Waals surface area (Å²) in [6, 6.07) is 111. The summed E-state index contributed by atoms with van der Waals surface area (Å²) in [4.78, 5) is 4.84. The molecule has 0 aliphatic rings. The van der Waals surface area contributed by atoms with Gasteiger partial charge < -0.3 is 18.9 Å². The van der Waals surface area contributed by atoms with E-state index in [9.17, 15) is 0 Å². The lowest BCUT2D eigenvalue weighted by atomic mass is 9.98. The highest BCUT2D eigenvalue weighted by Gasteiger charge is 2.23. The lowest BCUT2D eigenvalue weighted by Gasteiger charge is -2.30. The Hall–Kier alpha value is -10.5. The van der Waals surface area contributed by atoms with Crippen LogP contribution in [-0.2, 0) is 0 Å². The minimum atomic E-state index is 1.03. The van der Waals surface area contributed by atoms with E-state index in [0.29, 0.717) is 0 Å². The minimum absolute atomic E-state index is 1.03. The maximum absolute atomic E-state index is 2.47. The largest absolute Gasteiger partial charge is 0.310 e. The highest BCUT2D eigenvalue weighted by molar-refractivity contribution is 7.26. The molecule has 0 radical (unpaired) electrons. The zero-order chi connectivity index (χ0) is 53.4. The second kappa shape index (κ2) is 19.2. The third-order valence-corrected chi connectivity index (χ3v) is 17.4. The van der Waals surface area contributed by atoms with Crippen LogP contribution >= 0.6 is 11.3 Å². The predicted molar refractivity (Wildman–Crippen MR) is 346 cm³/mol. The van der Waals surface area contributed by atoms with Crippen LogP contribution in [0.5, 0.6) is 0 Å². The number of anilines is 6. The fraction of sp³-hybridized carbons (Fsp3) is 0. The molecule has 0 unspecified atom stereocenters. The van der Waals surface area contributed by atoms with Crippen molar-refractivity contribution in [1.82, 2.24) is 9.13 Å². The number of rotatable bonds is 10. The van der Waals surface area contributed by atoms with Gasteiger partial charge in [-0.25, -0.2) is 0 Å². The van der Waals surface area contributed by atoms with Gasteiger partial charge in [-0.3, -0.25) is 0 Å². The van der Waals surface area contributed by atoms with Gasteiger partial charge in [0, 0.05) is 92.6 Å². The van der Waals surface area contributed by atoms with Gasteiger partial charge in [-0.1, -0.05) is 170 Å². The van der Waals surface area contributed by atoms with Crippen LogP contribution in [0, 0.1) is 0 Å². The van der Waals surface area contributed by atoms with Crippen LogP contribution in [0.3, 0.4) is 0 Å². The van der Waals surface area contributed by atoms with Gasteiger partial charge in [0.15, 0.2) is 0 Å². The normalized spacial score (nSPS) is 11.7. The van der Waals surface area contributed by atoms with Crippen LogP contribution in [0.1, 0.15) is 0 Å². The average Bonchev–Trinajstić information content (AvgIpc) is 3.54. The molecule has 3 aromatic heterocycles. The fourth-order valence-electron chi connectivity index (χ4n) is 12.5. The Morgan fingerprint density at radius 1 is 0.235 bits per heavy atom. The van der Waals surface area contributed by atoms with Gasteiger partial charge in [-0.05, 0) is 161 Å². The number of fused-ring (bicyclic) bond motifs is 11. The Morgan fingerprint density at radius 2 is 0.716 bits per heavy atom. The zero-order valence-electron chi connectivity index (χ0n) is 44.1. The molecular weight excluding hydrogens is 1000 g/mol. The van der Waals surface area contributed by atoms with Crippen LogP contribution in [0.25, 0.3) is 108 Å². The lowest BCUT2D eigenvalue weighted by Crippen LogP contribution is -2.13. The van der Waals surface area contributed by atoms with E-state index in [1.54, 1.807) is 0 Å². The first-order valence-electron chi connectivity index (χ1n) is 27.6. The van der Waals surface area contributed by atoms with Gasteiger partial charge in [0.1, 0.15) is 0 Å². The number of benzene rings is 13. The van der Waals surface area contributed by atoms with E-state index >= 15 is 0 Å². The summed E-state index contributed by atoms with van der Waals surface area (Å²) in [6.45, 7) is 0. The monoisotopic (exact) mass is 1050 g/mol. The summed E-state index contributed by atoms with van der Waals surface area (Å²) in [7, 11) is 0. The summed E-state index contributed by atoms with van der Waals surface area (Å²) in [6.07, 6.45) is 0. The highest BCUT2D eigenvalue weighted by atomic mass is 32.1. The van der Waals surface area contributed by atoms with E-state index in [2.05, 4.69) is 322 Å². The topological polar surface area (TPSA) is 16.3 Å². The van der Waals surface area contributed by atoms with Gasteiger partial charge >= 0.3 is 0 Å². The van der Waals surface area contributed by atoms with Crippen LogP contribution in [0.2, 0.25) is 0 Å². The van der Waals surface area contributed by atoms with E-state index in [-0.39, 0.29) is 0 Å². The van der Waals surface area contributed by atoms with Crippen molar-refractivity contribution in [1.29, 1.82) is 0 Å². The van der Waals surface area contributed by atoms with Crippen molar-refractivity contribution in [3.05, 3.63) is 303 Å². The van der Waals surface area contributed by atoms with E-state index in [1.165, 1.54) is 74.6 Å². The van der Waals surface area contributed by atoms with Crippen molar-refractivity contribution in [2.24, 2.45) is 0 Å². The molecule has 4 nitrogen and oxygen atoms in total. The Balaban J connectivity index is 0.953. The maximum Gasteiger partial charge on any atom is 0.0547 e. The molecule has 13 aromatic carbocycles. The quantitative estimate of drug-likeness (QED) is 0.136. The molecule has 0 spiro atoms. The first kappa shape index (κ1) is 46.6. The molecule has 0 aliphatic carbocycles. The van der Waals surface area contributed by atoms with Crippen LogP contribution in [0.15, 0.2) is 303 Å². The van der Waals surface area contributed by atoms with Gasteiger partial charge in [-0.2, -0.15) is 0 Å². The van der Waals surface area contributed by atoms with Crippen molar-refractivity contribution >= 4 is 120 Å². The fourth-order valence-corrected chi connectivity index (χ4v) is 13.7. The summed E-state index contributed by atoms with van der Waals surface area (Å²) in [5, 5.41) is 9.96. The third kappa shape index (κ3) is 7.89. The Bertz CT molecular complexity index is 5030. The van der Waals surface area contributed by atoms with E-state index in [0.717, 1.165) is 67.7 Å². The van der Waals surface area contributed by atoms with E-state index < -0.39 is 0 Å². The molecule has 380 valence electrons.